The Labute approximate surface area is 89.4 Å². The molecule has 3 heteroatoms. The van der Waals surface area contributed by atoms with Crippen molar-refractivity contribution in [2.75, 3.05) is 0 Å². The molecular formula is C12H14N2O. The fraction of sp³-hybridized carbons (Fsp3) is 0.333. The number of aromatic nitrogens is 1. The van der Waals surface area contributed by atoms with Crippen LogP contribution in [0.15, 0.2) is 30.6 Å². The molecule has 1 aliphatic rings. The van der Waals surface area contributed by atoms with E-state index in [0.717, 1.165) is 23.1 Å². The van der Waals surface area contributed by atoms with Gasteiger partial charge in [-0.05, 0) is 23.8 Å². The fourth-order valence-corrected chi connectivity index (χ4v) is 1.70. The van der Waals surface area contributed by atoms with E-state index in [-0.39, 0.29) is 5.54 Å². The zero-order chi connectivity index (χ0) is 10.7. The first-order valence-corrected chi connectivity index (χ1v) is 5.10. The lowest BCUT2D eigenvalue weighted by molar-refractivity contribution is -0.516. The Hall–Kier alpha value is -1.64. The fourth-order valence-electron chi connectivity index (χ4n) is 1.70. The first-order valence-electron chi connectivity index (χ1n) is 5.10. The van der Waals surface area contributed by atoms with E-state index in [9.17, 15) is 5.21 Å². The second kappa shape index (κ2) is 3.85. The van der Waals surface area contributed by atoms with Crippen molar-refractivity contribution in [3.8, 4) is 0 Å². The van der Waals surface area contributed by atoms with Crippen LogP contribution in [0, 0.1) is 5.21 Å². The predicted octanol–water partition coefficient (Wildman–Crippen LogP) is 2.23. The summed E-state index contributed by atoms with van der Waals surface area (Å²) in [4.78, 5) is 3.95. The van der Waals surface area contributed by atoms with Crippen LogP contribution < -0.4 is 0 Å². The monoisotopic (exact) mass is 202 g/mol. The minimum absolute atomic E-state index is 0.372. The van der Waals surface area contributed by atoms with E-state index in [1.165, 1.54) is 0 Å². The summed E-state index contributed by atoms with van der Waals surface area (Å²) in [5.74, 6) is 0. The van der Waals surface area contributed by atoms with Crippen LogP contribution in [0.3, 0.4) is 0 Å². The minimum Gasteiger partial charge on any atom is -0.623 e. The van der Waals surface area contributed by atoms with Crippen molar-refractivity contribution in [3.63, 3.8) is 0 Å². The summed E-state index contributed by atoms with van der Waals surface area (Å²) in [6, 6.07) is 3.85. The zero-order valence-electron chi connectivity index (χ0n) is 8.76. The molecule has 15 heavy (non-hydrogen) atoms. The molecule has 2 heterocycles. The molecule has 0 bridgehead atoms. The van der Waals surface area contributed by atoms with Crippen molar-refractivity contribution >= 4 is 12.3 Å². The van der Waals surface area contributed by atoms with E-state index >= 15 is 0 Å². The highest BCUT2D eigenvalue weighted by molar-refractivity contribution is 5.56. The number of rotatable bonds is 2. The van der Waals surface area contributed by atoms with Gasteiger partial charge in [0, 0.05) is 32.2 Å². The molecule has 78 valence electrons. The number of nitrogens with zero attached hydrogens (tertiary/aromatic N) is 2. The maximum absolute atomic E-state index is 11.5. The van der Waals surface area contributed by atoms with E-state index in [4.69, 9.17) is 0 Å². The predicted molar refractivity (Wildman–Crippen MR) is 60.6 cm³/mol. The van der Waals surface area contributed by atoms with Crippen LogP contribution in [0.5, 0.6) is 0 Å². The molecule has 0 amide bonds. The lowest BCUT2D eigenvalue weighted by Gasteiger charge is -2.18. The van der Waals surface area contributed by atoms with Crippen LogP contribution in [0.1, 0.15) is 25.3 Å². The van der Waals surface area contributed by atoms with Crippen molar-refractivity contribution in [2.24, 2.45) is 0 Å². The molecule has 0 N–H and O–H groups in total. The largest absolute Gasteiger partial charge is 0.623 e. The molecule has 0 aliphatic carbocycles. The van der Waals surface area contributed by atoms with Gasteiger partial charge in [0.2, 0.25) is 0 Å². The van der Waals surface area contributed by atoms with Gasteiger partial charge in [0.25, 0.3) is 0 Å². The normalized spacial score (nSPS) is 25.8. The molecule has 1 unspecified atom stereocenters. The summed E-state index contributed by atoms with van der Waals surface area (Å²) in [5.41, 5.74) is 0.704. The number of hydrogen-bond donors (Lipinski definition) is 0. The Morgan fingerprint density at radius 2 is 2.20 bits per heavy atom. The highest BCUT2D eigenvalue weighted by atomic mass is 16.5. The van der Waals surface area contributed by atoms with Gasteiger partial charge in [-0.2, -0.15) is 0 Å². The minimum atomic E-state index is -0.372. The number of hydroxylamine groups is 1. The van der Waals surface area contributed by atoms with Crippen molar-refractivity contribution in [1.82, 2.24) is 4.98 Å². The second-order valence-corrected chi connectivity index (χ2v) is 4.02. The molecule has 0 spiro atoms. The Bertz CT molecular complexity index is 397. The molecule has 0 radical (unpaired) electrons. The van der Waals surface area contributed by atoms with Gasteiger partial charge >= 0.3 is 0 Å². The summed E-state index contributed by atoms with van der Waals surface area (Å²) in [7, 11) is 0. The third-order valence-corrected chi connectivity index (χ3v) is 2.79. The van der Waals surface area contributed by atoms with Gasteiger partial charge < -0.3 is 5.21 Å². The molecule has 2 rings (SSSR count). The van der Waals surface area contributed by atoms with E-state index in [1.54, 1.807) is 18.6 Å². The van der Waals surface area contributed by atoms with Gasteiger partial charge in [-0.15, -0.1) is 0 Å². The molecular weight excluding hydrogens is 188 g/mol. The summed E-state index contributed by atoms with van der Waals surface area (Å²) < 4.78 is 1.05. The maximum atomic E-state index is 11.5. The first-order chi connectivity index (χ1) is 7.21. The molecule has 0 saturated carbocycles. The molecule has 0 aromatic carbocycles. The van der Waals surface area contributed by atoms with E-state index < -0.39 is 0 Å². The van der Waals surface area contributed by atoms with Gasteiger partial charge in [0.05, 0.1) is 0 Å². The Morgan fingerprint density at radius 1 is 1.47 bits per heavy atom. The maximum Gasteiger partial charge on any atom is 0.189 e. The zero-order valence-corrected chi connectivity index (χ0v) is 8.76. The lowest BCUT2D eigenvalue weighted by atomic mass is 9.98. The standard InChI is InChI=1S/C12H14N2O/c1-12(6-2-10-14(12)15)7-3-11-4-8-13-9-5-11/h3-5,7-10H,2,6H2,1H3/b7-3+. The summed E-state index contributed by atoms with van der Waals surface area (Å²) in [5, 5.41) is 11.5. The van der Waals surface area contributed by atoms with Gasteiger partial charge in [-0.25, -0.2) is 4.74 Å². The van der Waals surface area contributed by atoms with Gasteiger partial charge in [-0.1, -0.05) is 6.08 Å². The summed E-state index contributed by atoms with van der Waals surface area (Å²) in [6.45, 7) is 1.96. The smallest absolute Gasteiger partial charge is 0.189 e. The Morgan fingerprint density at radius 3 is 2.80 bits per heavy atom. The van der Waals surface area contributed by atoms with Crippen LogP contribution in [0.2, 0.25) is 0 Å². The van der Waals surface area contributed by atoms with E-state index in [0.29, 0.717) is 0 Å². The average Bonchev–Trinajstić information content (AvgIpc) is 2.59. The Balaban J connectivity index is 2.16. The number of hydrogen-bond acceptors (Lipinski definition) is 2. The Kier molecular flexibility index (Phi) is 2.54. The third kappa shape index (κ3) is 2.06. The molecule has 0 saturated heterocycles. The topological polar surface area (TPSA) is 39.0 Å². The molecule has 1 aliphatic heterocycles. The molecule has 1 aromatic heterocycles. The highest BCUT2D eigenvalue weighted by Crippen LogP contribution is 2.23. The highest BCUT2D eigenvalue weighted by Gasteiger charge is 2.33. The van der Waals surface area contributed by atoms with Crippen LogP contribution in [-0.2, 0) is 0 Å². The average molecular weight is 202 g/mol. The van der Waals surface area contributed by atoms with Crippen LogP contribution in [-0.4, -0.2) is 21.5 Å². The van der Waals surface area contributed by atoms with Crippen LogP contribution in [0.25, 0.3) is 6.08 Å². The molecule has 1 aromatic rings. The van der Waals surface area contributed by atoms with E-state index in [2.05, 4.69) is 4.98 Å². The van der Waals surface area contributed by atoms with Gasteiger partial charge in [0.1, 0.15) is 0 Å². The van der Waals surface area contributed by atoms with E-state index in [1.807, 2.05) is 31.2 Å². The summed E-state index contributed by atoms with van der Waals surface area (Å²) >= 11 is 0. The summed E-state index contributed by atoms with van der Waals surface area (Å²) in [6.07, 6.45) is 10.9. The van der Waals surface area contributed by atoms with Crippen molar-refractivity contribution in [1.29, 1.82) is 0 Å². The van der Waals surface area contributed by atoms with Crippen molar-refractivity contribution < 1.29 is 4.74 Å². The molecule has 1 atom stereocenters. The lowest BCUT2D eigenvalue weighted by Crippen LogP contribution is -2.29. The SMILES string of the molecule is CC1(/C=C/c2ccncc2)CCC=[N+]1[O-]. The first kappa shape index (κ1) is 9.90. The van der Waals surface area contributed by atoms with Crippen molar-refractivity contribution in [3.05, 3.63) is 41.4 Å². The molecule has 0 fully saturated rings. The second-order valence-electron chi connectivity index (χ2n) is 4.02. The van der Waals surface area contributed by atoms with Crippen LogP contribution in [0.4, 0.5) is 0 Å². The quantitative estimate of drug-likeness (QED) is 0.545. The van der Waals surface area contributed by atoms with Crippen LogP contribution >= 0.6 is 0 Å². The molecule has 3 nitrogen and oxygen atoms in total. The number of pyridine rings is 1. The van der Waals surface area contributed by atoms with Gasteiger partial charge in [-0.3, -0.25) is 4.98 Å². The third-order valence-electron chi connectivity index (χ3n) is 2.79. The van der Waals surface area contributed by atoms with Gasteiger partial charge in [0.15, 0.2) is 11.8 Å². The van der Waals surface area contributed by atoms with Crippen molar-refractivity contribution in [2.45, 2.75) is 25.3 Å².